The summed E-state index contributed by atoms with van der Waals surface area (Å²) in [6.07, 6.45) is 0.616. The number of ether oxygens (including phenoxy) is 1. The van der Waals surface area contributed by atoms with E-state index in [2.05, 4.69) is 27.5 Å². The maximum atomic E-state index is 13.9. The van der Waals surface area contributed by atoms with Crippen molar-refractivity contribution in [2.45, 2.75) is 18.7 Å². The third-order valence-corrected chi connectivity index (χ3v) is 2.83. The van der Waals surface area contributed by atoms with E-state index in [9.17, 15) is 18.0 Å². The van der Waals surface area contributed by atoms with Crippen molar-refractivity contribution in [1.82, 2.24) is 0 Å². The molecular formula is C11H9BrClF3O2. The molecule has 100 valence electrons. The molecule has 0 amide bonds. The van der Waals surface area contributed by atoms with Gasteiger partial charge in [-0.3, -0.25) is 4.79 Å². The summed E-state index contributed by atoms with van der Waals surface area (Å²) >= 11 is 7.44. The zero-order valence-electron chi connectivity index (χ0n) is 9.28. The molecular weight excluding hydrogens is 336 g/mol. The Hall–Kier alpha value is -0.750. The van der Waals surface area contributed by atoms with Gasteiger partial charge in [0, 0.05) is 4.47 Å². The van der Waals surface area contributed by atoms with Crippen molar-refractivity contribution in [1.29, 1.82) is 0 Å². The quantitative estimate of drug-likeness (QED) is 0.584. The monoisotopic (exact) mass is 344 g/mol. The lowest BCUT2D eigenvalue weighted by atomic mass is 10.1. The second-order valence-electron chi connectivity index (χ2n) is 3.41. The fourth-order valence-electron chi connectivity index (χ4n) is 1.21. The Morgan fingerprint density at radius 1 is 1.50 bits per heavy atom. The maximum Gasteiger partial charge on any atom is 0.385 e. The summed E-state index contributed by atoms with van der Waals surface area (Å²) in [6, 6.07) is 2.50. The van der Waals surface area contributed by atoms with E-state index >= 15 is 0 Å². The van der Waals surface area contributed by atoms with Crippen molar-refractivity contribution in [3.05, 3.63) is 28.0 Å². The Morgan fingerprint density at radius 2 is 2.11 bits per heavy atom. The first-order valence-electron chi connectivity index (χ1n) is 5.01. The average molecular weight is 346 g/mol. The van der Waals surface area contributed by atoms with Crippen LogP contribution in [0, 0.1) is 5.82 Å². The van der Waals surface area contributed by atoms with Gasteiger partial charge >= 0.3 is 5.38 Å². The second-order valence-corrected chi connectivity index (χ2v) is 4.74. The van der Waals surface area contributed by atoms with Crippen molar-refractivity contribution in [3.8, 4) is 5.75 Å². The lowest BCUT2D eigenvalue weighted by Crippen LogP contribution is -2.23. The van der Waals surface area contributed by atoms with E-state index in [1.165, 1.54) is 12.1 Å². The molecule has 18 heavy (non-hydrogen) atoms. The average Bonchev–Trinajstić information content (AvgIpc) is 2.27. The van der Waals surface area contributed by atoms with Crippen LogP contribution in [0.25, 0.3) is 0 Å². The molecule has 1 rings (SSSR count). The minimum atomic E-state index is -4.16. The van der Waals surface area contributed by atoms with Crippen LogP contribution in [-0.2, 0) is 0 Å². The van der Waals surface area contributed by atoms with Crippen LogP contribution in [0.3, 0.4) is 0 Å². The highest BCUT2D eigenvalue weighted by Gasteiger charge is 2.40. The summed E-state index contributed by atoms with van der Waals surface area (Å²) in [7, 11) is 0. The molecule has 0 heterocycles. The van der Waals surface area contributed by atoms with Crippen LogP contribution in [0.4, 0.5) is 13.2 Å². The van der Waals surface area contributed by atoms with Gasteiger partial charge in [-0.2, -0.15) is 8.78 Å². The van der Waals surface area contributed by atoms with Gasteiger partial charge in [0.2, 0.25) is 0 Å². The van der Waals surface area contributed by atoms with Gasteiger partial charge in [-0.1, -0.05) is 6.92 Å². The number of alkyl halides is 3. The molecule has 0 saturated carbocycles. The van der Waals surface area contributed by atoms with Crippen LogP contribution >= 0.6 is 27.5 Å². The van der Waals surface area contributed by atoms with Crippen molar-refractivity contribution >= 4 is 33.3 Å². The van der Waals surface area contributed by atoms with Crippen LogP contribution in [-0.4, -0.2) is 17.8 Å². The van der Waals surface area contributed by atoms with E-state index in [1.807, 2.05) is 0 Å². The predicted octanol–water partition coefficient (Wildman–Crippen LogP) is 4.39. The first kappa shape index (κ1) is 15.3. The normalized spacial score (nSPS) is 11.4. The van der Waals surface area contributed by atoms with Crippen molar-refractivity contribution < 1.29 is 22.7 Å². The number of ketones is 1. The molecule has 0 aliphatic carbocycles. The first-order valence-corrected chi connectivity index (χ1v) is 6.18. The summed E-state index contributed by atoms with van der Waals surface area (Å²) in [5.74, 6) is -3.22. The molecule has 0 unspecified atom stereocenters. The number of carbonyl (C=O) groups is 1. The number of rotatable bonds is 5. The summed E-state index contributed by atoms with van der Waals surface area (Å²) < 4.78 is 44.2. The molecule has 0 saturated heterocycles. The predicted molar refractivity (Wildman–Crippen MR) is 65.0 cm³/mol. The second kappa shape index (κ2) is 5.93. The Bertz CT molecular complexity index is 460. The van der Waals surface area contributed by atoms with Crippen molar-refractivity contribution in [2.75, 3.05) is 6.61 Å². The van der Waals surface area contributed by atoms with Gasteiger partial charge in [0.15, 0.2) is 11.6 Å². The van der Waals surface area contributed by atoms with E-state index in [4.69, 9.17) is 4.74 Å². The van der Waals surface area contributed by atoms with Crippen molar-refractivity contribution in [3.63, 3.8) is 0 Å². The molecule has 0 bridgehead atoms. The molecule has 1 aromatic rings. The van der Waals surface area contributed by atoms with Gasteiger partial charge < -0.3 is 4.74 Å². The number of carbonyl (C=O) groups excluding carboxylic acids is 1. The van der Waals surface area contributed by atoms with Crippen LogP contribution < -0.4 is 4.74 Å². The Morgan fingerprint density at radius 3 is 2.61 bits per heavy atom. The molecule has 0 aliphatic heterocycles. The minimum absolute atomic E-state index is 0.103. The molecule has 0 aromatic heterocycles. The topological polar surface area (TPSA) is 26.3 Å². The van der Waals surface area contributed by atoms with Gasteiger partial charge in [-0.25, -0.2) is 4.39 Å². The molecule has 1 aromatic carbocycles. The number of hydrogen-bond donors (Lipinski definition) is 0. The van der Waals surface area contributed by atoms with Gasteiger partial charge in [0.05, 0.1) is 12.2 Å². The molecule has 0 radical (unpaired) electrons. The molecule has 7 heteroatoms. The van der Waals surface area contributed by atoms with Crippen molar-refractivity contribution in [2.24, 2.45) is 0 Å². The highest BCUT2D eigenvalue weighted by atomic mass is 79.9. The van der Waals surface area contributed by atoms with Crippen LogP contribution in [0.15, 0.2) is 16.6 Å². The first-order chi connectivity index (χ1) is 8.29. The zero-order valence-corrected chi connectivity index (χ0v) is 11.6. The number of benzene rings is 1. The third kappa shape index (κ3) is 3.38. The molecule has 0 N–H and O–H groups in total. The lowest BCUT2D eigenvalue weighted by molar-refractivity contribution is 0.0529. The summed E-state index contributed by atoms with van der Waals surface area (Å²) in [4.78, 5) is 11.3. The number of hydrogen-bond acceptors (Lipinski definition) is 2. The number of halogens is 5. The zero-order chi connectivity index (χ0) is 13.9. The molecule has 0 atom stereocenters. The Labute approximate surface area is 115 Å². The summed E-state index contributed by atoms with van der Waals surface area (Å²) in [6.45, 7) is 2.01. The van der Waals surface area contributed by atoms with Crippen LogP contribution in [0.1, 0.15) is 23.7 Å². The van der Waals surface area contributed by atoms with Gasteiger partial charge in [-0.15, -0.1) is 0 Å². The summed E-state index contributed by atoms with van der Waals surface area (Å²) in [5, 5.41) is -4.16. The lowest BCUT2D eigenvalue weighted by Gasteiger charge is -2.12. The summed E-state index contributed by atoms with van der Waals surface area (Å²) in [5.41, 5.74) is -0.816. The Kier molecular flexibility index (Phi) is 5.04. The van der Waals surface area contributed by atoms with E-state index in [-0.39, 0.29) is 16.8 Å². The van der Waals surface area contributed by atoms with Crippen LogP contribution in [0.5, 0.6) is 5.75 Å². The molecule has 0 spiro atoms. The maximum absolute atomic E-state index is 13.9. The SMILES string of the molecule is CCCOc1ccc(Br)c(C(=O)C(F)(F)Cl)c1F. The third-order valence-electron chi connectivity index (χ3n) is 2.00. The minimum Gasteiger partial charge on any atom is -0.491 e. The highest BCUT2D eigenvalue weighted by molar-refractivity contribution is 9.10. The molecule has 0 fully saturated rings. The number of Topliss-reactive ketones (excluding diaryl/α,β-unsaturated/α-hetero) is 1. The molecule has 2 nitrogen and oxygen atoms in total. The van der Waals surface area contributed by atoms with E-state index in [1.54, 1.807) is 6.92 Å². The highest BCUT2D eigenvalue weighted by Crippen LogP contribution is 2.33. The largest absolute Gasteiger partial charge is 0.491 e. The van der Waals surface area contributed by atoms with Gasteiger partial charge in [0.25, 0.3) is 5.78 Å². The fourth-order valence-corrected chi connectivity index (χ4v) is 1.79. The van der Waals surface area contributed by atoms with Gasteiger partial charge in [-0.05, 0) is 46.1 Å². The fraction of sp³-hybridized carbons (Fsp3) is 0.364. The molecule has 0 aliphatic rings. The van der Waals surface area contributed by atoms with E-state index < -0.39 is 22.5 Å². The Balaban J connectivity index is 3.22. The van der Waals surface area contributed by atoms with E-state index in [0.717, 1.165) is 0 Å². The van der Waals surface area contributed by atoms with E-state index in [0.29, 0.717) is 6.42 Å². The standard InChI is InChI=1S/C11H9BrClF3O2/c1-2-5-18-7-4-3-6(12)8(9(7)14)10(17)11(13,15)16/h3-4H,2,5H2,1H3. The van der Waals surface area contributed by atoms with Crippen LogP contribution in [0.2, 0.25) is 0 Å². The van der Waals surface area contributed by atoms with Gasteiger partial charge in [0.1, 0.15) is 0 Å². The smallest absolute Gasteiger partial charge is 0.385 e.